The summed E-state index contributed by atoms with van der Waals surface area (Å²) in [5.74, 6) is 0.451. The monoisotopic (exact) mass is 422 g/mol. The van der Waals surface area contributed by atoms with Crippen LogP contribution in [0.3, 0.4) is 0 Å². The summed E-state index contributed by atoms with van der Waals surface area (Å²) in [4.78, 5) is 6.37. The minimum Gasteiger partial charge on any atom is -0.419 e. The van der Waals surface area contributed by atoms with Gasteiger partial charge in [0.15, 0.2) is 0 Å². The van der Waals surface area contributed by atoms with Gasteiger partial charge >= 0.3 is 0 Å². The van der Waals surface area contributed by atoms with E-state index in [1.165, 1.54) is 12.1 Å². The molecule has 2 aromatic carbocycles. The van der Waals surface area contributed by atoms with E-state index < -0.39 is 9.84 Å². The lowest BCUT2D eigenvalue weighted by atomic mass is 10.2. The molecule has 5 nitrogen and oxygen atoms in total. The predicted octanol–water partition coefficient (Wildman–Crippen LogP) is 5.08. The lowest BCUT2D eigenvalue weighted by Crippen LogP contribution is -2.19. The molecule has 140 valence electrons. The number of aromatic nitrogens is 1. The molecule has 1 fully saturated rings. The zero-order valence-corrected chi connectivity index (χ0v) is 16.6. The maximum atomic E-state index is 13.2. The van der Waals surface area contributed by atoms with Gasteiger partial charge in [-0.2, -0.15) is 4.98 Å². The molecule has 0 radical (unpaired) electrons. The van der Waals surface area contributed by atoms with Gasteiger partial charge in [0.05, 0.1) is 15.5 Å². The van der Waals surface area contributed by atoms with Gasteiger partial charge in [0.2, 0.25) is 26.6 Å². The number of benzene rings is 2. The number of halogens is 2. The minimum absolute atomic E-state index is 0.0957. The Bertz CT molecular complexity index is 1070. The Morgan fingerprint density at radius 1 is 0.963 bits per heavy atom. The van der Waals surface area contributed by atoms with Crippen molar-refractivity contribution in [3.8, 4) is 11.5 Å². The molecule has 0 bridgehead atoms. The molecule has 8 heteroatoms. The molecule has 1 aliphatic rings. The van der Waals surface area contributed by atoms with Crippen molar-refractivity contribution in [2.24, 2.45) is 0 Å². The van der Waals surface area contributed by atoms with Gasteiger partial charge in [-0.15, -0.1) is 0 Å². The second kappa shape index (κ2) is 7.19. The van der Waals surface area contributed by atoms with Gasteiger partial charge in [0.25, 0.3) is 0 Å². The second-order valence-corrected chi connectivity index (χ2v) is 8.97. The van der Waals surface area contributed by atoms with Gasteiger partial charge in [-0.1, -0.05) is 35.3 Å². The summed E-state index contributed by atoms with van der Waals surface area (Å²) in [5.41, 5.74) is 0.553. The molecule has 0 unspecified atom stereocenters. The number of oxazole rings is 1. The molecule has 0 spiro atoms. The maximum Gasteiger partial charge on any atom is 0.236 e. The van der Waals surface area contributed by atoms with Gasteiger partial charge in [0, 0.05) is 18.1 Å². The molecule has 3 aromatic rings. The van der Waals surface area contributed by atoms with Crippen LogP contribution in [0.4, 0.5) is 5.88 Å². The van der Waals surface area contributed by atoms with E-state index in [2.05, 4.69) is 4.98 Å². The fourth-order valence-electron chi connectivity index (χ4n) is 3.07. The number of sulfone groups is 1. The van der Waals surface area contributed by atoms with E-state index in [4.69, 9.17) is 27.6 Å². The Morgan fingerprint density at radius 2 is 1.63 bits per heavy atom. The summed E-state index contributed by atoms with van der Waals surface area (Å²) in [6.07, 6.45) is 1.95. The van der Waals surface area contributed by atoms with Crippen LogP contribution in [-0.4, -0.2) is 26.5 Å². The van der Waals surface area contributed by atoms with Crippen LogP contribution in [0.15, 0.2) is 62.9 Å². The van der Waals surface area contributed by atoms with Crippen LogP contribution in [-0.2, 0) is 9.84 Å². The molecule has 1 aliphatic heterocycles. The molecule has 2 heterocycles. The highest BCUT2D eigenvalue weighted by atomic mass is 35.5. The molecule has 4 rings (SSSR count). The summed E-state index contributed by atoms with van der Waals surface area (Å²) in [6.45, 7) is 1.45. The first-order valence-corrected chi connectivity index (χ1v) is 10.7. The highest BCUT2D eigenvalue weighted by Crippen LogP contribution is 2.37. The smallest absolute Gasteiger partial charge is 0.236 e. The summed E-state index contributed by atoms with van der Waals surface area (Å²) < 4.78 is 32.4. The summed E-state index contributed by atoms with van der Waals surface area (Å²) >= 11 is 12.1. The van der Waals surface area contributed by atoms with E-state index in [0.717, 1.165) is 25.9 Å². The third-order valence-electron chi connectivity index (χ3n) is 4.46. The Labute approximate surface area is 167 Å². The first kappa shape index (κ1) is 18.3. The molecule has 0 amide bonds. The van der Waals surface area contributed by atoms with Crippen LogP contribution >= 0.6 is 23.2 Å². The predicted molar refractivity (Wildman–Crippen MR) is 105 cm³/mol. The third kappa shape index (κ3) is 3.45. The van der Waals surface area contributed by atoms with Gasteiger partial charge in [-0.3, -0.25) is 0 Å². The fraction of sp³-hybridized carbons (Fsp3) is 0.211. The number of hydrogen-bond donors (Lipinski definition) is 0. The summed E-state index contributed by atoms with van der Waals surface area (Å²) in [6, 6.07) is 13.1. The van der Waals surface area contributed by atoms with Crippen molar-refractivity contribution in [2.45, 2.75) is 22.8 Å². The number of nitrogens with zero attached hydrogens (tertiary/aromatic N) is 2. The molecule has 0 atom stereocenters. The average Bonchev–Trinajstić information content (AvgIpc) is 3.32. The van der Waals surface area contributed by atoms with Crippen molar-refractivity contribution < 1.29 is 12.8 Å². The van der Waals surface area contributed by atoms with E-state index in [1.807, 2.05) is 4.90 Å². The first-order chi connectivity index (χ1) is 13.0. The Balaban J connectivity index is 1.88. The maximum absolute atomic E-state index is 13.2. The Morgan fingerprint density at radius 3 is 2.30 bits per heavy atom. The number of anilines is 1. The van der Waals surface area contributed by atoms with Gasteiger partial charge in [-0.05, 0) is 49.2 Å². The molecule has 1 aromatic heterocycles. The standard InChI is InChI=1S/C19H16Cl2N2O3S/c20-13-7-9-14(10-8-13)27(24,25)18-19(23-11-3-4-12-23)26-17(22-18)15-5-1-2-6-16(15)21/h1-2,5-10H,3-4,11-12H2. The zero-order chi connectivity index (χ0) is 19.0. The second-order valence-electron chi connectivity index (χ2n) is 6.26. The summed E-state index contributed by atoms with van der Waals surface area (Å²) in [7, 11) is -3.87. The van der Waals surface area contributed by atoms with Crippen molar-refractivity contribution in [1.29, 1.82) is 0 Å². The number of rotatable bonds is 4. The molecule has 1 saturated heterocycles. The van der Waals surface area contributed by atoms with Gasteiger partial charge in [0.1, 0.15) is 0 Å². The van der Waals surface area contributed by atoms with E-state index >= 15 is 0 Å². The fourth-order valence-corrected chi connectivity index (χ4v) is 4.73. The van der Waals surface area contributed by atoms with Crippen LogP contribution in [0.5, 0.6) is 0 Å². The number of hydrogen-bond acceptors (Lipinski definition) is 5. The zero-order valence-electron chi connectivity index (χ0n) is 14.2. The first-order valence-electron chi connectivity index (χ1n) is 8.48. The topological polar surface area (TPSA) is 63.4 Å². The normalized spacial score (nSPS) is 14.7. The average molecular weight is 423 g/mol. The molecular weight excluding hydrogens is 407 g/mol. The van der Waals surface area contributed by atoms with Crippen LogP contribution < -0.4 is 4.90 Å². The van der Waals surface area contributed by atoms with Gasteiger partial charge in [-0.25, -0.2) is 8.42 Å². The van der Waals surface area contributed by atoms with E-state index in [9.17, 15) is 8.42 Å². The van der Waals surface area contributed by atoms with Crippen molar-refractivity contribution >= 4 is 38.9 Å². The largest absolute Gasteiger partial charge is 0.419 e. The lowest BCUT2D eigenvalue weighted by Gasteiger charge is -2.14. The van der Waals surface area contributed by atoms with Crippen molar-refractivity contribution in [2.75, 3.05) is 18.0 Å². The molecule has 0 N–H and O–H groups in total. The van der Waals surface area contributed by atoms with Crippen molar-refractivity contribution in [1.82, 2.24) is 4.98 Å². The van der Waals surface area contributed by atoms with Crippen molar-refractivity contribution in [3.63, 3.8) is 0 Å². The quantitative estimate of drug-likeness (QED) is 0.586. The molecule has 27 heavy (non-hydrogen) atoms. The van der Waals surface area contributed by atoms with Crippen LogP contribution in [0, 0.1) is 0 Å². The Hall–Kier alpha value is -2.02. The molecular formula is C19H16Cl2N2O3S. The summed E-state index contributed by atoms with van der Waals surface area (Å²) in [5, 5.41) is 0.814. The van der Waals surface area contributed by atoms with Crippen molar-refractivity contribution in [3.05, 3.63) is 58.6 Å². The lowest BCUT2D eigenvalue weighted by molar-refractivity contribution is 0.556. The van der Waals surface area contributed by atoms with Crippen LogP contribution in [0.2, 0.25) is 10.0 Å². The van der Waals surface area contributed by atoms with Gasteiger partial charge < -0.3 is 9.32 Å². The van der Waals surface area contributed by atoms with Crippen LogP contribution in [0.1, 0.15) is 12.8 Å². The Kier molecular flexibility index (Phi) is 4.88. The molecule has 0 aliphatic carbocycles. The molecule has 0 saturated carbocycles. The third-order valence-corrected chi connectivity index (χ3v) is 6.70. The van der Waals surface area contributed by atoms with Crippen LogP contribution in [0.25, 0.3) is 11.5 Å². The highest BCUT2D eigenvalue weighted by Gasteiger charge is 2.32. The minimum atomic E-state index is -3.87. The van der Waals surface area contributed by atoms with E-state index in [0.29, 0.717) is 15.6 Å². The van der Waals surface area contributed by atoms with E-state index in [-0.39, 0.29) is 21.7 Å². The van der Waals surface area contributed by atoms with E-state index in [1.54, 1.807) is 36.4 Å². The SMILES string of the molecule is O=S(=O)(c1ccc(Cl)cc1)c1nc(-c2ccccc2Cl)oc1N1CCCC1. The highest BCUT2D eigenvalue weighted by molar-refractivity contribution is 7.91.